The van der Waals surface area contributed by atoms with E-state index >= 15 is 8.78 Å². The quantitative estimate of drug-likeness (QED) is 0.0829. The van der Waals surface area contributed by atoms with Gasteiger partial charge in [0.1, 0.15) is 49.4 Å². The Morgan fingerprint density at radius 1 is 1.00 bits per heavy atom. The van der Waals surface area contributed by atoms with E-state index < -0.39 is 42.6 Å². The van der Waals surface area contributed by atoms with Crippen molar-refractivity contribution in [3.63, 3.8) is 0 Å². The molecular formula is C51H66F3N5O5Si. The Balaban J connectivity index is 1.31. The highest BCUT2D eigenvalue weighted by molar-refractivity contribution is 6.90. The number of nitrogens with zero attached hydrogens (tertiary/aromatic N) is 5. The first-order valence-electron chi connectivity index (χ1n) is 23.4. The molecule has 4 saturated heterocycles. The molecule has 3 aromatic carbocycles. The van der Waals surface area contributed by atoms with Crippen LogP contribution in [0, 0.1) is 23.1 Å². The summed E-state index contributed by atoms with van der Waals surface area (Å²) in [4.78, 5) is 29.3. The van der Waals surface area contributed by atoms with E-state index in [1.54, 1.807) is 6.07 Å². The van der Waals surface area contributed by atoms with E-state index in [0.717, 1.165) is 25.8 Å². The summed E-state index contributed by atoms with van der Waals surface area (Å²) in [6.45, 7) is 22.9. The molecule has 4 aromatic rings. The molecule has 5 heterocycles. The molecule has 4 fully saturated rings. The average Bonchev–Trinajstić information content (AvgIpc) is 3.82. The van der Waals surface area contributed by atoms with Crippen LogP contribution < -0.4 is 14.4 Å². The van der Waals surface area contributed by atoms with E-state index in [-0.39, 0.29) is 53.6 Å². The van der Waals surface area contributed by atoms with Gasteiger partial charge in [0, 0.05) is 55.1 Å². The van der Waals surface area contributed by atoms with Gasteiger partial charge in [0.2, 0.25) is 0 Å². The van der Waals surface area contributed by atoms with E-state index in [0.29, 0.717) is 77.0 Å². The highest BCUT2D eigenvalue weighted by Crippen LogP contribution is 2.47. The van der Waals surface area contributed by atoms with Gasteiger partial charge in [0.15, 0.2) is 12.6 Å². The third-order valence-electron chi connectivity index (χ3n) is 14.7. The number of hydrogen-bond acceptors (Lipinski definition) is 9. The monoisotopic (exact) mass is 913 g/mol. The van der Waals surface area contributed by atoms with Gasteiger partial charge in [-0.05, 0) is 106 Å². The minimum Gasteiger partial charge on any atom is -0.468 e. The van der Waals surface area contributed by atoms with E-state index in [9.17, 15) is 9.18 Å². The third kappa shape index (κ3) is 8.54. The Labute approximate surface area is 383 Å². The van der Waals surface area contributed by atoms with E-state index in [1.165, 1.54) is 13.2 Å². The summed E-state index contributed by atoms with van der Waals surface area (Å²) >= 11 is 0. The number of benzene rings is 3. The van der Waals surface area contributed by atoms with Crippen molar-refractivity contribution in [1.82, 2.24) is 19.8 Å². The lowest BCUT2D eigenvalue weighted by molar-refractivity contribution is -0.00281. The number of carbonyl (C=O) groups is 1. The average molecular weight is 914 g/mol. The fourth-order valence-corrected chi connectivity index (χ4v) is 17.2. The Morgan fingerprint density at radius 2 is 1.74 bits per heavy atom. The Bertz CT molecular complexity index is 2520. The van der Waals surface area contributed by atoms with Crippen LogP contribution in [0.25, 0.3) is 32.8 Å². The van der Waals surface area contributed by atoms with Crippen molar-refractivity contribution < 1.29 is 36.9 Å². The predicted molar refractivity (Wildman–Crippen MR) is 253 cm³/mol. The molecule has 1 aromatic heterocycles. The zero-order valence-electron chi connectivity index (χ0n) is 40.0. The van der Waals surface area contributed by atoms with Crippen LogP contribution in [0.3, 0.4) is 0 Å². The van der Waals surface area contributed by atoms with Crippen LogP contribution in [0.4, 0.5) is 23.8 Å². The normalized spacial score (nSPS) is 23.5. The maximum atomic E-state index is 18.0. The number of hydrogen-bond donors (Lipinski definition) is 0. The second-order valence-corrected chi connectivity index (χ2v) is 26.7. The number of rotatable bonds is 11. The SMILES string of the molecule is COCOc1cc(-c2c(F)cc3c(N4C[C@H]5CC[C@@](C)(C4)N5C(=O)OC(C)(C)C)nc(OC[C@@]45CCCN4C[C@H](F)C5)nc3c2F)c2c(C#C[Si](C(C)C)(C(C)C)C(C)C)cccc2c1. The van der Waals surface area contributed by atoms with Gasteiger partial charge in [-0.1, -0.05) is 59.6 Å². The molecule has 0 aliphatic carbocycles. The summed E-state index contributed by atoms with van der Waals surface area (Å²) in [5.74, 6) is 2.55. The number of piperazine rings is 1. The lowest BCUT2D eigenvalue weighted by Crippen LogP contribution is -2.63. The lowest BCUT2D eigenvalue weighted by Gasteiger charge is -2.47. The van der Waals surface area contributed by atoms with Crippen LogP contribution in [0.2, 0.25) is 16.6 Å². The van der Waals surface area contributed by atoms with Crippen LogP contribution in [-0.2, 0) is 9.47 Å². The second-order valence-electron chi connectivity index (χ2n) is 21.1. The summed E-state index contributed by atoms with van der Waals surface area (Å²) in [5, 5.41) is 1.47. The number of alkyl halides is 1. The fraction of sp³-hybridized carbons (Fsp3) is 0.588. The van der Waals surface area contributed by atoms with Gasteiger partial charge in [-0.15, -0.1) is 5.54 Å². The summed E-state index contributed by atoms with van der Waals surface area (Å²) in [7, 11) is -0.698. The van der Waals surface area contributed by atoms with Crippen molar-refractivity contribution in [1.29, 1.82) is 0 Å². The zero-order valence-corrected chi connectivity index (χ0v) is 41.0. The number of amides is 1. The number of fused-ring (bicyclic) bond motifs is 5. The van der Waals surface area contributed by atoms with Crippen LogP contribution in [0.1, 0.15) is 107 Å². The molecule has 350 valence electrons. The summed E-state index contributed by atoms with van der Waals surface area (Å²) in [6.07, 6.45) is 2.09. The highest BCUT2D eigenvalue weighted by Gasteiger charge is 2.53. The molecule has 8 rings (SSSR count). The molecule has 14 heteroatoms. The first kappa shape index (κ1) is 46.9. The molecule has 4 atom stereocenters. The number of methoxy groups -OCH3 is 1. The smallest absolute Gasteiger partial charge is 0.411 e. The fourth-order valence-electron chi connectivity index (χ4n) is 11.9. The molecule has 10 nitrogen and oxygen atoms in total. The van der Waals surface area contributed by atoms with Crippen molar-refractivity contribution in [2.75, 3.05) is 51.6 Å². The van der Waals surface area contributed by atoms with E-state index in [2.05, 4.69) is 57.9 Å². The van der Waals surface area contributed by atoms with Crippen molar-refractivity contribution in [2.45, 2.75) is 147 Å². The van der Waals surface area contributed by atoms with Crippen LogP contribution in [0.5, 0.6) is 11.8 Å². The molecule has 1 amide bonds. The van der Waals surface area contributed by atoms with Gasteiger partial charge in [-0.3, -0.25) is 9.80 Å². The van der Waals surface area contributed by atoms with Gasteiger partial charge in [0.05, 0.1) is 22.7 Å². The van der Waals surface area contributed by atoms with E-state index in [4.69, 9.17) is 28.9 Å². The van der Waals surface area contributed by atoms with Crippen molar-refractivity contribution in [3.8, 4) is 34.4 Å². The Hall–Kier alpha value is -4.58. The van der Waals surface area contributed by atoms with Gasteiger partial charge in [-0.25, -0.2) is 18.0 Å². The molecule has 0 unspecified atom stereocenters. The molecule has 0 radical (unpaired) electrons. The molecule has 2 bridgehead atoms. The number of halogens is 3. The van der Waals surface area contributed by atoms with E-state index in [1.807, 2.05) is 61.8 Å². The lowest BCUT2D eigenvalue weighted by atomic mass is 9.92. The highest BCUT2D eigenvalue weighted by atomic mass is 28.3. The van der Waals surface area contributed by atoms with Crippen molar-refractivity contribution >= 4 is 41.7 Å². The minimum atomic E-state index is -2.21. The molecule has 4 aliphatic rings. The topological polar surface area (TPSA) is 89.5 Å². The first-order chi connectivity index (χ1) is 30.7. The molecule has 0 saturated carbocycles. The molecule has 65 heavy (non-hydrogen) atoms. The minimum absolute atomic E-state index is 0.0706. The standard InChI is InChI=1S/C51H66F3N5O5Si/c1-31(2)65(32(3)4,33(5)6)21-17-34-14-12-15-35-22-38(63-30-61-11)23-39(42(34)35)43-41(53)24-40-45(44(43)54)55-47(62-29-51-18-13-20-58(51)26-36(52)25-51)56-46(40)57-27-37-16-19-50(10,28-57)59(37)48(60)64-49(7,8)9/h12,14-15,22-24,31-33,36-37H,13,16,18-20,25-30H2,1-11H3/t36-,37-,50+,51+/m1/s1. The van der Waals surface area contributed by atoms with Crippen LogP contribution in [-0.4, -0.2) is 110 Å². The second kappa shape index (κ2) is 17.6. The maximum absolute atomic E-state index is 18.0. The number of anilines is 1. The zero-order chi connectivity index (χ0) is 46.8. The van der Waals surface area contributed by atoms with Crippen molar-refractivity contribution in [3.05, 3.63) is 53.6 Å². The number of carbonyl (C=O) groups excluding carboxylic acids is 1. The molecule has 4 aliphatic heterocycles. The molecular weight excluding hydrogens is 848 g/mol. The Kier molecular flexibility index (Phi) is 12.7. The third-order valence-corrected chi connectivity index (χ3v) is 21.0. The largest absolute Gasteiger partial charge is 0.468 e. The molecule has 0 N–H and O–H groups in total. The maximum Gasteiger partial charge on any atom is 0.411 e. The Morgan fingerprint density at radius 3 is 2.42 bits per heavy atom. The number of aromatic nitrogens is 2. The van der Waals surface area contributed by atoms with Crippen molar-refractivity contribution in [2.24, 2.45) is 0 Å². The van der Waals surface area contributed by atoms with Gasteiger partial charge >= 0.3 is 12.1 Å². The predicted octanol–water partition coefficient (Wildman–Crippen LogP) is 11.2. The van der Waals surface area contributed by atoms with Gasteiger partial charge in [0.25, 0.3) is 0 Å². The number of ether oxygens (including phenoxy) is 4. The van der Waals surface area contributed by atoms with Gasteiger partial charge in [-0.2, -0.15) is 9.97 Å². The van der Waals surface area contributed by atoms with Gasteiger partial charge < -0.3 is 23.8 Å². The van der Waals surface area contributed by atoms with Crippen LogP contribution >= 0.6 is 0 Å². The molecule has 0 spiro atoms. The summed E-state index contributed by atoms with van der Waals surface area (Å²) < 4.78 is 73.8. The first-order valence-corrected chi connectivity index (χ1v) is 25.6. The summed E-state index contributed by atoms with van der Waals surface area (Å²) in [5.41, 5.74) is 3.62. The van der Waals surface area contributed by atoms with Crippen LogP contribution in [0.15, 0.2) is 36.4 Å². The summed E-state index contributed by atoms with van der Waals surface area (Å²) in [6, 6.07) is 10.2.